The highest BCUT2D eigenvalue weighted by molar-refractivity contribution is 6.32. The number of benzene rings is 1. The lowest BCUT2D eigenvalue weighted by atomic mass is 10.2. The largest absolute Gasteiger partial charge is 0.492 e. The molecule has 1 aliphatic rings. The minimum absolute atomic E-state index is 0.0221. The van der Waals surface area contributed by atoms with E-state index in [2.05, 4.69) is 0 Å². The number of anilines is 1. The average molecular weight is 268 g/mol. The number of Topliss-reactive ketones (excluding diaryl/α,β-unsaturated/α-hetero) is 1. The van der Waals surface area contributed by atoms with Gasteiger partial charge in [-0.3, -0.25) is 9.59 Å². The van der Waals surface area contributed by atoms with E-state index in [0.717, 1.165) is 6.42 Å². The molecule has 0 radical (unpaired) electrons. The minimum atomic E-state index is -0.182. The summed E-state index contributed by atoms with van der Waals surface area (Å²) < 4.78 is 5.45. The molecule has 0 aliphatic carbocycles. The molecule has 0 saturated carbocycles. The third-order valence-electron chi connectivity index (χ3n) is 2.67. The van der Waals surface area contributed by atoms with E-state index >= 15 is 0 Å². The molecule has 0 aromatic heterocycles. The molecular weight excluding hydrogens is 254 g/mol. The summed E-state index contributed by atoms with van der Waals surface area (Å²) in [5.41, 5.74) is 0.639. The van der Waals surface area contributed by atoms with Gasteiger partial charge in [0.1, 0.15) is 5.75 Å². The molecule has 1 aliphatic heterocycles. The van der Waals surface area contributed by atoms with Gasteiger partial charge in [-0.15, -0.1) is 0 Å². The second-order valence-corrected chi connectivity index (χ2v) is 4.57. The maximum Gasteiger partial charge on any atom is 0.234 e. The summed E-state index contributed by atoms with van der Waals surface area (Å²) in [6.45, 7) is 2.74. The molecule has 5 heteroatoms. The molecule has 0 unspecified atom stereocenters. The number of carbonyl (C=O) groups is 2. The summed E-state index contributed by atoms with van der Waals surface area (Å²) in [5, 5.41) is 0.452. The molecule has 4 nitrogen and oxygen atoms in total. The van der Waals surface area contributed by atoms with Gasteiger partial charge in [0.2, 0.25) is 5.91 Å². The molecule has 1 aromatic rings. The van der Waals surface area contributed by atoms with Gasteiger partial charge in [-0.25, -0.2) is 0 Å². The fourth-order valence-electron chi connectivity index (χ4n) is 1.81. The summed E-state index contributed by atoms with van der Waals surface area (Å²) in [4.78, 5) is 24.2. The Kier molecular flexibility index (Phi) is 3.87. The van der Waals surface area contributed by atoms with Crippen molar-refractivity contribution in [3.63, 3.8) is 0 Å². The first kappa shape index (κ1) is 12.9. The van der Waals surface area contributed by atoms with E-state index in [1.54, 1.807) is 18.2 Å². The lowest BCUT2D eigenvalue weighted by Crippen LogP contribution is -2.24. The molecule has 0 atom stereocenters. The molecule has 2 rings (SSSR count). The molecule has 1 saturated heterocycles. The highest BCUT2D eigenvalue weighted by Crippen LogP contribution is 2.30. The number of hydrogen-bond donors (Lipinski definition) is 0. The number of carbonyl (C=O) groups excluding carboxylic acids is 2. The van der Waals surface area contributed by atoms with Crippen molar-refractivity contribution in [2.45, 2.75) is 19.8 Å². The first-order valence-electron chi connectivity index (χ1n) is 5.86. The van der Waals surface area contributed by atoms with Gasteiger partial charge >= 0.3 is 0 Å². The maximum absolute atomic E-state index is 11.6. The van der Waals surface area contributed by atoms with Gasteiger partial charge in [-0.2, -0.15) is 0 Å². The van der Waals surface area contributed by atoms with Crippen LogP contribution < -0.4 is 9.64 Å². The molecule has 0 spiro atoms. The maximum atomic E-state index is 11.6. The molecule has 0 N–H and O–H groups in total. The Morgan fingerprint density at radius 2 is 2.17 bits per heavy atom. The van der Waals surface area contributed by atoms with Crippen LogP contribution in [0.15, 0.2) is 18.2 Å². The van der Waals surface area contributed by atoms with Crippen LogP contribution in [0, 0.1) is 0 Å². The Hall–Kier alpha value is -1.55. The van der Waals surface area contributed by atoms with E-state index in [0.29, 0.717) is 23.1 Å². The Morgan fingerprint density at radius 3 is 2.72 bits per heavy atom. The van der Waals surface area contributed by atoms with Crippen molar-refractivity contribution in [3.05, 3.63) is 23.2 Å². The monoisotopic (exact) mass is 267 g/mol. The van der Waals surface area contributed by atoms with Gasteiger partial charge in [0.15, 0.2) is 5.78 Å². The third kappa shape index (κ3) is 2.64. The van der Waals surface area contributed by atoms with E-state index in [1.807, 2.05) is 6.92 Å². The van der Waals surface area contributed by atoms with Crippen LogP contribution >= 0.6 is 11.6 Å². The zero-order chi connectivity index (χ0) is 13.1. The Bertz CT molecular complexity index is 487. The molecule has 1 heterocycles. The van der Waals surface area contributed by atoms with Gasteiger partial charge in [0.25, 0.3) is 0 Å². The average Bonchev–Trinajstić information content (AvgIpc) is 2.67. The number of ether oxygens (including phenoxy) is 1. The van der Waals surface area contributed by atoms with E-state index < -0.39 is 0 Å². The molecule has 18 heavy (non-hydrogen) atoms. The van der Waals surface area contributed by atoms with Gasteiger partial charge in [-0.1, -0.05) is 18.5 Å². The van der Waals surface area contributed by atoms with Crippen LogP contribution in [-0.4, -0.2) is 24.8 Å². The van der Waals surface area contributed by atoms with Gasteiger partial charge in [-0.05, 0) is 24.6 Å². The molecular formula is C13H14ClNO3. The molecule has 96 valence electrons. The van der Waals surface area contributed by atoms with Crippen LogP contribution in [0.25, 0.3) is 0 Å². The summed E-state index contributed by atoms with van der Waals surface area (Å²) in [6.07, 6.45) is 0.878. The lowest BCUT2D eigenvalue weighted by Gasteiger charge is -2.16. The van der Waals surface area contributed by atoms with Crippen molar-refractivity contribution in [2.24, 2.45) is 0 Å². The van der Waals surface area contributed by atoms with Gasteiger partial charge in [0.05, 0.1) is 24.6 Å². The minimum Gasteiger partial charge on any atom is -0.492 e. The van der Waals surface area contributed by atoms with Crippen molar-refractivity contribution in [2.75, 3.05) is 18.1 Å². The Balaban J connectivity index is 2.18. The fourth-order valence-corrected chi connectivity index (χ4v) is 2.04. The smallest absolute Gasteiger partial charge is 0.234 e. The van der Waals surface area contributed by atoms with E-state index in [4.69, 9.17) is 16.3 Å². The topological polar surface area (TPSA) is 46.6 Å². The highest BCUT2D eigenvalue weighted by Gasteiger charge is 2.28. The summed E-state index contributed by atoms with van der Waals surface area (Å²) in [7, 11) is 0. The fraction of sp³-hybridized carbons (Fsp3) is 0.385. The van der Waals surface area contributed by atoms with E-state index in [1.165, 1.54) is 4.90 Å². The third-order valence-corrected chi connectivity index (χ3v) is 2.97. The van der Waals surface area contributed by atoms with E-state index in [-0.39, 0.29) is 24.7 Å². The van der Waals surface area contributed by atoms with E-state index in [9.17, 15) is 9.59 Å². The molecule has 0 bridgehead atoms. The van der Waals surface area contributed by atoms with Crippen LogP contribution in [-0.2, 0) is 9.59 Å². The zero-order valence-electron chi connectivity index (χ0n) is 10.1. The Labute approximate surface area is 110 Å². The predicted octanol–water partition coefficient (Wildman–Crippen LogP) is 2.43. The number of amides is 1. The number of hydrogen-bond acceptors (Lipinski definition) is 3. The lowest BCUT2D eigenvalue weighted by molar-refractivity contribution is -0.121. The highest BCUT2D eigenvalue weighted by atomic mass is 35.5. The van der Waals surface area contributed by atoms with Crippen molar-refractivity contribution in [3.8, 4) is 5.75 Å². The van der Waals surface area contributed by atoms with Gasteiger partial charge < -0.3 is 9.64 Å². The number of ketones is 1. The van der Waals surface area contributed by atoms with Crippen molar-refractivity contribution in [1.82, 2.24) is 0 Å². The molecule has 1 fully saturated rings. The van der Waals surface area contributed by atoms with Crippen LogP contribution in [0.1, 0.15) is 19.8 Å². The summed E-state index contributed by atoms with van der Waals surface area (Å²) >= 11 is 6.08. The van der Waals surface area contributed by atoms with Crippen molar-refractivity contribution in [1.29, 1.82) is 0 Å². The second kappa shape index (κ2) is 5.40. The van der Waals surface area contributed by atoms with Crippen LogP contribution in [0.5, 0.6) is 5.75 Å². The first-order valence-corrected chi connectivity index (χ1v) is 6.24. The number of nitrogens with zero attached hydrogens (tertiary/aromatic N) is 1. The predicted molar refractivity (Wildman–Crippen MR) is 69.2 cm³/mol. The van der Waals surface area contributed by atoms with Crippen LogP contribution in [0.4, 0.5) is 5.69 Å². The van der Waals surface area contributed by atoms with Gasteiger partial charge in [0, 0.05) is 5.69 Å². The summed E-state index contributed by atoms with van der Waals surface area (Å²) in [5.74, 6) is 0.348. The van der Waals surface area contributed by atoms with Crippen LogP contribution in [0.3, 0.4) is 0 Å². The van der Waals surface area contributed by atoms with Crippen molar-refractivity contribution < 1.29 is 14.3 Å². The van der Waals surface area contributed by atoms with Crippen molar-refractivity contribution >= 4 is 29.0 Å². The van der Waals surface area contributed by atoms with Crippen LogP contribution in [0.2, 0.25) is 5.02 Å². The SMILES string of the molecule is CCCOc1ccc(N2CC(=O)CC2=O)cc1Cl. The standard InChI is InChI=1S/C13H14ClNO3/c1-2-5-18-12-4-3-9(6-11(12)14)15-8-10(16)7-13(15)17/h3-4,6H,2,5,7-8H2,1H3. The first-order chi connectivity index (χ1) is 8.61. The molecule has 1 aromatic carbocycles. The second-order valence-electron chi connectivity index (χ2n) is 4.16. The molecule has 1 amide bonds. The zero-order valence-corrected chi connectivity index (χ0v) is 10.9. The Morgan fingerprint density at radius 1 is 1.39 bits per heavy atom. The number of halogens is 1. The number of rotatable bonds is 4. The quantitative estimate of drug-likeness (QED) is 0.787. The normalized spacial score (nSPS) is 15.3. The summed E-state index contributed by atoms with van der Waals surface area (Å²) in [6, 6.07) is 5.12.